The number of carbonyl (C=O) groups excluding carboxylic acids is 1. The first-order chi connectivity index (χ1) is 8.70. The number of aromatic nitrogens is 2. The lowest BCUT2D eigenvalue weighted by molar-refractivity contribution is 0.111. The minimum absolute atomic E-state index is 0.490. The highest BCUT2D eigenvalue weighted by atomic mass is 35.5. The van der Waals surface area contributed by atoms with Crippen LogP contribution in [0.2, 0.25) is 10.0 Å². The van der Waals surface area contributed by atoms with Crippen molar-refractivity contribution >= 4 is 29.5 Å². The van der Waals surface area contributed by atoms with Gasteiger partial charge in [-0.2, -0.15) is 5.10 Å². The van der Waals surface area contributed by atoms with E-state index in [9.17, 15) is 4.79 Å². The van der Waals surface area contributed by atoms with Crippen molar-refractivity contribution in [3.05, 3.63) is 45.2 Å². The fourth-order valence-corrected chi connectivity index (χ4v) is 2.68. The quantitative estimate of drug-likeness (QED) is 0.790. The third kappa shape index (κ3) is 1.74. The molecule has 0 unspecified atom stereocenters. The molecule has 3 nitrogen and oxygen atoms in total. The topological polar surface area (TPSA) is 34.9 Å². The van der Waals surface area contributed by atoms with Crippen molar-refractivity contribution in [2.45, 2.75) is 19.3 Å². The van der Waals surface area contributed by atoms with Gasteiger partial charge >= 0.3 is 0 Å². The van der Waals surface area contributed by atoms with Crippen molar-refractivity contribution in [2.24, 2.45) is 0 Å². The van der Waals surface area contributed by atoms with Crippen LogP contribution < -0.4 is 0 Å². The van der Waals surface area contributed by atoms with E-state index < -0.39 is 0 Å². The van der Waals surface area contributed by atoms with Crippen molar-refractivity contribution in [3.8, 4) is 5.69 Å². The van der Waals surface area contributed by atoms with Crippen molar-refractivity contribution in [3.63, 3.8) is 0 Å². The molecule has 0 radical (unpaired) electrons. The molecular weight excluding hydrogens is 271 g/mol. The Kier molecular flexibility index (Phi) is 2.88. The molecule has 5 heteroatoms. The van der Waals surface area contributed by atoms with E-state index in [1.165, 1.54) is 0 Å². The lowest BCUT2D eigenvalue weighted by Gasteiger charge is -2.06. The number of fused-ring (bicyclic) bond motifs is 1. The summed E-state index contributed by atoms with van der Waals surface area (Å²) in [6, 6.07) is 5.36. The zero-order chi connectivity index (χ0) is 12.7. The van der Waals surface area contributed by atoms with Crippen LogP contribution in [0, 0.1) is 0 Å². The maximum atomic E-state index is 11.0. The summed E-state index contributed by atoms with van der Waals surface area (Å²) in [5.74, 6) is 0. The van der Waals surface area contributed by atoms with Crippen LogP contribution in [-0.2, 0) is 12.8 Å². The molecule has 0 aliphatic heterocycles. The Morgan fingerprint density at radius 1 is 1.22 bits per heavy atom. The van der Waals surface area contributed by atoms with Gasteiger partial charge in [0.15, 0.2) is 6.29 Å². The molecule has 18 heavy (non-hydrogen) atoms. The van der Waals surface area contributed by atoms with Crippen LogP contribution in [0.3, 0.4) is 0 Å². The first-order valence-electron chi connectivity index (χ1n) is 5.72. The summed E-state index contributed by atoms with van der Waals surface area (Å²) >= 11 is 11.9. The molecule has 0 saturated heterocycles. The number of hydrogen-bond donors (Lipinski definition) is 0. The van der Waals surface area contributed by atoms with Gasteiger partial charge in [-0.15, -0.1) is 0 Å². The molecule has 0 bridgehead atoms. The Morgan fingerprint density at radius 3 is 2.78 bits per heavy atom. The van der Waals surface area contributed by atoms with Crippen LogP contribution in [0.15, 0.2) is 18.2 Å². The summed E-state index contributed by atoms with van der Waals surface area (Å²) in [6.45, 7) is 0. The minimum Gasteiger partial charge on any atom is -0.296 e. The number of benzene rings is 1. The van der Waals surface area contributed by atoms with Gasteiger partial charge in [-0.1, -0.05) is 23.2 Å². The van der Waals surface area contributed by atoms with Crippen LogP contribution in [0.5, 0.6) is 0 Å². The van der Waals surface area contributed by atoms with Crippen molar-refractivity contribution in [1.82, 2.24) is 9.78 Å². The van der Waals surface area contributed by atoms with E-state index in [1.54, 1.807) is 16.8 Å². The molecule has 0 atom stereocenters. The molecule has 0 saturated carbocycles. The average Bonchev–Trinajstić information content (AvgIpc) is 2.94. The Hall–Kier alpha value is -1.32. The third-order valence-electron chi connectivity index (χ3n) is 3.22. The zero-order valence-corrected chi connectivity index (χ0v) is 11.0. The number of rotatable bonds is 2. The smallest absolute Gasteiger partial charge is 0.170 e. The molecular formula is C13H10Cl2N2O. The molecule has 1 aromatic carbocycles. The van der Waals surface area contributed by atoms with Gasteiger partial charge in [0, 0.05) is 11.3 Å². The van der Waals surface area contributed by atoms with Crippen molar-refractivity contribution in [1.29, 1.82) is 0 Å². The largest absolute Gasteiger partial charge is 0.296 e. The van der Waals surface area contributed by atoms with Gasteiger partial charge < -0.3 is 0 Å². The molecule has 1 aromatic heterocycles. The van der Waals surface area contributed by atoms with E-state index in [1.807, 2.05) is 6.07 Å². The fourth-order valence-electron chi connectivity index (χ4n) is 2.39. The Morgan fingerprint density at radius 2 is 2.06 bits per heavy atom. The summed E-state index contributed by atoms with van der Waals surface area (Å²) in [5.41, 5.74) is 3.55. The number of nitrogens with zero attached hydrogens (tertiary/aromatic N) is 2. The molecule has 0 spiro atoms. The summed E-state index contributed by atoms with van der Waals surface area (Å²) in [7, 11) is 0. The lowest BCUT2D eigenvalue weighted by Crippen LogP contribution is -2.01. The molecule has 92 valence electrons. The highest BCUT2D eigenvalue weighted by molar-refractivity contribution is 6.42. The maximum absolute atomic E-state index is 11.0. The van der Waals surface area contributed by atoms with Crippen molar-refractivity contribution < 1.29 is 4.79 Å². The monoisotopic (exact) mass is 280 g/mol. The second kappa shape index (κ2) is 4.41. The average molecular weight is 281 g/mol. The van der Waals surface area contributed by atoms with Gasteiger partial charge in [-0.05, 0) is 37.5 Å². The molecule has 0 fully saturated rings. The summed E-state index contributed by atoms with van der Waals surface area (Å²) in [5, 5.41) is 5.34. The van der Waals surface area contributed by atoms with E-state index in [0.717, 1.165) is 42.5 Å². The van der Waals surface area contributed by atoms with Gasteiger partial charge in [0.05, 0.1) is 15.7 Å². The van der Waals surface area contributed by atoms with E-state index in [2.05, 4.69) is 5.10 Å². The maximum Gasteiger partial charge on any atom is 0.170 e. The minimum atomic E-state index is 0.490. The lowest BCUT2D eigenvalue weighted by atomic mass is 10.2. The van der Waals surface area contributed by atoms with E-state index >= 15 is 0 Å². The number of carbonyl (C=O) groups is 1. The van der Waals surface area contributed by atoms with Gasteiger partial charge in [0.2, 0.25) is 0 Å². The van der Waals surface area contributed by atoms with Crippen LogP contribution in [0.4, 0.5) is 0 Å². The molecule has 1 heterocycles. The van der Waals surface area contributed by atoms with Gasteiger partial charge in [-0.25, -0.2) is 4.68 Å². The number of hydrogen-bond acceptors (Lipinski definition) is 2. The first kappa shape index (κ1) is 11.8. The normalized spacial score (nSPS) is 13.7. The Labute approximate surface area is 114 Å². The third-order valence-corrected chi connectivity index (χ3v) is 3.96. The molecule has 2 aromatic rings. The summed E-state index contributed by atoms with van der Waals surface area (Å²) < 4.78 is 1.80. The number of aldehydes is 1. The van der Waals surface area contributed by atoms with Crippen molar-refractivity contribution in [2.75, 3.05) is 0 Å². The molecule has 3 rings (SSSR count). The molecule has 0 amide bonds. The Balaban J connectivity index is 2.17. The van der Waals surface area contributed by atoms with Crippen LogP contribution in [0.1, 0.15) is 28.2 Å². The predicted octanol–water partition coefficient (Wildman–Crippen LogP) is 3.48. The van der Waals surface area contributed by atoms with E-state index in [0.29, 0.717) is 15.7 Å². The molecule has 0 N–H and O–H groups in total. The second-order valence-electron chi connectivity index (χ2n) is 4.29. The van der Waals surface area contributed by atoms with Crippen LogP contribution in [0.25, 0.3) is 5.69 Å². The fraction of sp³-hybridized carbons (Fsp3) is 0.231. The molecule has 1 aliphatic carbocycles. The first-order valence-corrected chi connectivity index (χ1v) is 6.47. The van der Waals surface area contributed by atoms with Crippen LogP contribution in [-0.4, -0.2) is 16.1 Å². The Bertz CT molecular complexity index is 634. The summed E-state index contributed by atoms with van der Waals surface area (Å²) in [6.07, 6.45) is 3.74. The van der Waals surface area contributed by atoms with Gasteiger partial charge in [-0.3, -0.25) is 4.79 Å². The highest BCUT2D eigenvalue weighted by Crippen LogP contribution is 2.29. The second-order valence-corrected chi connectivity index (χ2v) is 5.11. The standard InChI is InChI=1S/C13H10Cl2N2O/c14-10-5-4-8(6-11(10)15)17-13-3-1-2-9(13)12(7-18)16-17/h4-7H,1-3H2. The summed E-state index contributed by atoms with van der Waals surface area (Å²) in [4.78, 5) is 11.0. The number of halogens is 2. The van der Waals surface area contributed by atoms with E-state index in [4.69, 9.17) is 23.2 Å². The van der Waals surface area contributed by atoms with Gasteiger partial charge in [0.25, 0.3) is 0 Å². The van der Waals surface area contributed by atoms with Gasteiger partial charge in [0.1, 0.15) is 5.69 Å². The zero-order valence-electron chi connectivity index (χ0n) is 9.49. The SMILES string of the molecule is O=Cc1nn(-c2ccc(Cl)c(Cl)c2)c2c1CCC2. The van der Waals surface area contributed by atoms with Crippen LogP contribution >= 0.6 is 23.2 Å². The molecule has 1 aliphatic rings. The van der Waals surface area contributed by atoms with E-state index in [-0.39, 0.29) is 0 Å². The highest BCUT2D eigenvalue weighted by Gasteiger charge is 2.22. The predicted molar refractivity (Wildman–Crippen MR) is 71.0 cm³/mol.